The first-order valence-corrected chi connectivity index (χ1v) is 9.14. The van der Waals surface area contributed by atoms with Crippen molar-refractivity contribution in [3.63, 3.8) is 0 Å². The standard InChI is InChI=1S/C21H18N2O5/c1-3-11-12-6-10(24)4-5-16(12)22-18-13(11)8-23-17(18)7-15-14(19(23)25)9-28-20(26)21(15,2)27/h4-7,24,27H,3,8-9H2,1-2H3/t21-/m0/s1. The Balaban J connectivity index is 1.84. The van der Waals surface area contributed by atoms with Crippen LogP contribution in [0.3, 0.4) is 0 Å². The van der Waals surface area contributed by atoms with Crippen LogP contribution in [-0.2, 0) is 34.7 Å². The molecule has 0 saturated heterocycles. The summed E-state index contributed by atoms with van der Waals surface area (Å²) in [5.41, 5.74) is 2.33. The topological polar surface area (TPSA) is 102 Å². The molecule has 0 aliphatic carbocycles. The number of benzene rings is 1. The summed E-state index contributed by atoms with van der Waals surface area (Å²) >= 11 is 0. The van der Waals surface area contributed by atoms with Crippen LogP contribution in [0.2, 0.25) is 0 Å². The molecule has 1 atom stereocenters. The van der Waals surface area contributed by atoms with Crippen molar-refractivity contribution in [3.8, 4) is 17.1 Å². The number of aliphatic hydroxyl groups is 1. The van der Waals surface area contributed by atoms with Crippen LogP contribution in [0.5, 0.6) is 5.75 Å². The van der Waals surface area contributed by atoms with Gasteiger partial charge in [0.2, 0.25) is 0 Å². The number of hydrogen-bond acceptors (Lipinski definition) is 6. The highest BCUT2D eigenvalue weighted by atomic mass is 16.6. The molecular weight excluding hydrogens is 360 g/mol. The zero-order valence-corrected chi connectivity index (χ0v) is 15.4. The number of cyclic esters (lactones) is 1. The van der Waals surface area contributed by atoms with Gasteiger partial charge >= 0.3 is 5.97 Å². The second kappa shape index (κ2) is 5.42. The third kappa shape index (κ3) is 2.05. The molecule has 0 radical (unpaired) electrons. The molecule has 5 rings (SSSR count). The van der Waals surface area contributed by atoms with Crippen molar-refractivity contribution < 1.29 is 19.7 Å². The van der Waals surface area contributed by atoms with Crippen molar-refractivity contribution in [1.29, 1.82) is 0 Å². The molecule has 0 unspecified atom stereocenters. The first-order valence-electron chi connectivity index (χ1n) is 9.14. The Hall–Kier alpha value is -3.19. The maximum Gasteiger partial charge on any atom is 0.342 e. The number of nitrogens with zero attached hydrogens (tertiary/aromatic N) is 2. The van der Waals surface area contributed by atoms with Crippen LogP contribution in [0, 0.1) is 0 Å². The van der Waals surface area contributed by atoms with Crippen LogP contribution in [0.15, 0.2) is 29.1 Å². The first-order chi connectivity index (χ1) is 13.3. The number of fused-ring (bicyclic) bond motifs is 5. The molecule has 0 spiro atoms. The summed E-state index contributed by atoms with van der Waals surface area (Å²) in [5.74, 6) is -0.599. The Morgan fingerprint density at radius 1 is 1.25 bits per heavy atom. The SMILES string of the molecule is CCc1c2c(nc3ccc(O)cc13)-c1cc3c(c(=O)n1C2)COC(=O)[C@@]3(C)O. The van der Waals surface area contributed by atoms with Crippen LogP contribution >= 0.6 is 0 Å². The van der Waals surface area contributed by atoms with Gasteiger partial charge in [-0.15, -0.1) is 0 Å². The minimum Gasteiger partial charge on any atom is -0.508 e. The van der Waals surface area contributed by atoms with E-state index < -0.39 is 11.6 Å². The quantitative estimate of drug-likeness (QED) is 0.491. The average Bonchev–Trinajstić information content (AvgIpc) is 3.02. The van der Waals surface area contributed by atoms with E-state index in [1.54, 1.807) is 28.8 Å². The normalized spacial score (nSPS) is 19.9. The van der Waals surface area contributed by atoms with Crippen LogP contribution in [0.25, 0.3) is 22.3 Å². The molecule has 3 aromatic rings. The number of aromatic nitrogens is 2. The lowest BCUT2D eigenvalue weighted by Gasteiger charge is -2.29. The van der Waals surface area contributed by atoms with Gasteiger partial charge in [0.25, 0.3) is 5.56 Å². The lowest BCUT2D eigenvalue weighted by atomic mass is 9.89. The maximum atomic E-state index is 13.1. The zero-order valence-electron chi connectivity index (χ0n) is 15.4. The Kier molecular flexibility index (Phi) is 3.28. The van der Waals surface area contributed by atoms with Crippen molar-refractivity contribution in [2.24, 2.45) is 0 Å². The summed E-state index contributed by atoms with van der Waals surface area (Å²) < 4.78 is 6.63. The smallest absolute Gasteiger partial charge is 0.342 e. The van der Waals surface area contributed by atoms with Crippen molar-refractivity contribution >= 4 is 16.9 Å². The van der Waals surface area contributed by atoms with Gasteiger partial charge in [-0.3, -0.25) is 4.79 Å². The summed E-state index contributed by atoms with van der Waals surface area (Å²) in [6.07, 6.45) is 0.715. The molecule has 0 amide bonds. The van der Waals surface area contributed by atoms with E-state index in [1.165, 1.54) is 6.92 Å². The molecule has 28 heavy (non-hydrogen) atoms. The monoisotopic (exact) mass is 378 g/mol. The van der Waals surface area contributed by atoms with E-state index in [1.807, 2.05) is 6.92 Å². The number of aromatic hydroxyl groups is 1. The number of hydrogen-bond donors (Lipinski definition) is 2. The Labute approximate surface area is 159 Å². The summed E-state index contributed by atoms with van der Waals surface area (Å²) in [6, 6.07) is 6.70. The molecule has 0 bridgehead atoms. The van der Waals surface area contributed by atoms with Gasteiger partial charge in [-0.25, -0.2) is 9.78 Å². The van der Waals surface area contributed by atoms with Gasteiger partial charge in [0.15, 0.2) is 5.60 Å². The van der Waals surface area contributed by atoms with Gasteiger partial charge in [0.1, 0.15) is 12.4 Å². The van der Waals surface area contributed by atoms with Crippen molar-refractivity contribution in [2.75, 3.05) is 0 Å². The van der Waals surface area contributed by atoms with E-state index in [-0.39, 0.29) is 23.5 Å². The largest absolute Gasteiger partial charge is 0.508 e. The Bertz CT molecular complexity index is 1260. The average molecular weight is 378 g/mol. The predicted octanol–water partition coefficient (Wildman–Crippen LogP) is 1.96. The Morgan fingerprint density at radius 3 is 2.79 bits per heavy atom. The zero-order chi connectivity index (χ0) is 19.8. The molecule has 4 heterocycles. The predicted molar refractivity (Wildman–Crippen MR) is 101 cm³/mol. The molecule has 2 aliphatic rings. The molecule has 142 valence electrons. The van der Waals surface area contributed by atoms with Gasteiger partial charge in [-0.05, 0) is 43.2 Å². The van der Waals surface area contributed by atoms with E-state index >= 15 is 0 Å². The highest BCUT2D eigenvalue weighted by Crippen LogP contribution is 2.39. The fraction of sp³-hybridized carbons (Fsp3) is 0.286. The molecule has 2 aliphatic heterocycles. The minimum absolute atomic E-state index is 0.149. The molecule has 7 nitrogen and oxygen atoms in total. The number of aryl methyl sites for hydroxylation is 1. The van der Waals surface area contributed by atoms with Crippen LogP contribution in [-0.4, -0.2) is 25.7 Å². The highest BCUT2D eigenvalue weighted by molar-refractivity contribution is 5.89. The van der Waals surface area contributed by atoms with Gasteiger partial charge in [-0.2, -0.15) is 0 Å². The van der Waals surface area contributed by atoms with Crippen LogP contribution < -0.4 is 5.56 Å². The first kappa shape index (κ1) is 16.9. The van der Waals surface area contributed by atoms with E-state index in [0.29, 0.717) is 29.9 Å². The number of phenolic OH excluding ortho intramolecular Hbond substituents is 1. The van der Waals surface area contributed by atoms with E-state index in [9.17, 15) is 19.8 Å². The maximum absolute atomic E-state index is 13.1. The van der Waals surface area contributed by atoms with E-state index in [2.05, 4.69) is 0 Å². The van der Waals surface area contributed by atoms with E-state index in [0.717, 1.165) is 22.0 Å². The van der Waals surface area contributed by atoms with E-state index in [4.69, 9.17) is 9.72 Å². The molecule has 2 N–H and O–H groups in total. The number of ether oxygens (including phenoxy) is 1. The molecule has 0 fully saturated rings. The number of pyridine rings is 2. The third-order valence-corrected chi connectivity index (χ3v) is 5.77. The Morgan fingerprint density at radius 2 is 2.04 bits per heavy atom. The third-order valence-electron chi connectivity index (χ3n) is 5.77. The van der Waals surface area contributed by atoms with Gasteiger partial charge in [-0.1, -0.05) is 6.92 Å². The molecule has 7 heteroatoms. The molecule has 0 saturated carbocycles. The van der Waals surface area contributed by atoms with Gasteiger partial charge < -0.3 is 19.5 Å². The minimum atomic E-state index is -1.87. The highest BCUT2D eigenvalue weighted by Gasteiger charge is 2.43. The summed E-state index contributed by atoms with van der Waals surface area (Å²) in [7, 11) is 0. The van der Waals surface area contributed by atoms with Gasteiger partial charge in [0, 0.05) is 16.5 Å². The summed E-state index contributed by atoms with van der Waals surface area (Å²) in [4.78, 5) is 29.9. The van der Waals surface area contributed by atoms with Crippen molar-refractivity contribution in [3.05, 3.63) is 56.9 Å². The number of rotatable bonds is 1. The molecular formula is C21H18N2O5. The second-order valence-corrected chi connectivity index (χ2v) is 7.43. The molecule has 2 aromatic heterocycles. The van der Waals surface area contributed by atoms with Crippen LogP contribution in [0.1, 0.15) is 36.1 Å². The van der Waals surface area contributed by atoms with Gasteiger partial charge in [0.05, 0.1) is 29.0 Å². The van der Waals surface area contributed by atoms with Crippen LogP contribution in [0.4, 0.5) is 0 Å². The summed E-state index contributed by atoms with van der Waals surface area (Å²) in [6.45, 7) is 3.57. The second-order valence-electron chi connectivity index (χ2n) is 7.43. The number of phenols is 1. The summed E-state index contributed by atoms with van der Waals surface area (Å²) in [5, 5.41) is 21.4. The lowest BCUT2D eigenvalue weighted by molar-refractivity contribution is -0.169. The fourth-order valence-electron chi connectivity index (χ4n) is 4.31. The molecule has 1 aromatic carbocycles. The van der Waals surface area contributed by atoms with Crippen molar-refractivity contribution in [1.82, 2.24) is 9.55 Å². The lowest BCUT2D eigenvalue weighted by Crippen LogP contribution is -2.42. The van der Waals surface area contributed by atoms with Crippen molar-refractivity contribution in [2.45, 2.75) is 39.0 Å². The number of carbonyl (C=O) groups excluding carboxylic acids is 1. The number of carbonyl (C=O) groups is 1. The fourth-order valence-corrected chi connectivity index (χ4v) is 4.31. The number of esters is 1.